The van der Waals surface area contributed by atoms with Crippen LogP contribution in [0.5, 0.6) is 0 Å². The fourth-order valence-corrected chi connectivity index (χ4v) is 1.74. The van der Waals surface area contributed by atoms with E-state index in [0.29, 0.717) is 0 Å². The van der Waals surface area contributed by atoms with Gasteiger partial charge in [0.1, 0.15) is 5.60 Å². The van der Waals surface area contributed by atoms with E-state index >= 15 is 0 Å². The SMILES string of the molecule is CC(C)(C)OC(=O)NCCNc1cccc([N+](=O)[O-])c1C(=O)O. The first-order valence-corrected chi connectivity index (χ1v) is 6.83. The zero-order valence-electron chi connectivity index (χ0n) is 13.1. The maximum absolute atomic E-state index is 11.4. The number of benzene rings is 1. The minimum absolute atomic E-state index is 0.109. The van der Waals surface area contributed by atoms with Crippen molar-refractivity contribution in [3.05, 3.63) is 33.9 Å². The van der Waals surface area contributed by atoms with E-state index < -0.39 is 33.8 Å². The molecule has 0 saturated carbocycles. The van der Waals surface area contributed by atoms with Crippen LogP contribution in [0.4, 0.5) is 16.2 Å². The number of carboxylic acid groups (broad SMARTS) is 1. The Bertz CT molecular complexity index is 609. The van der Waals surface area contributed by atoms with Crippen LogP contribution in [-0.2, 0) is 4.74 Å². The molecule has 0 bridgehead atoms. The molecule has 0 unspecified atom stereocenters. The van der Waals surface area contributed by atoms with E-state index in [2.05, 4.69) is 10.6 Å². The summed E-state index contributed by atoms with van der Waals surface area (Å²) in [6, 6.07) is 3.92. The van der Waals surface area contributed by atoms with Gasteiger partial charge < -0.3 is 20.5 Å². The van der Waals surface area contributed by atoms with Gasteiger partial charge in [0.15, 0.2) is 5.56 Å². The van der Waals surface area contributed by atoms with Crippen molar-refractivity contribution in [3.8, 4) is 0 Å². The number of nitrogens with one attached hydrogen (secondary N) is 2. The minimum Gasteiger partial charge on any atom is -0.477 e. The number of nitrogens with zero attached hydrogens (tertiary/aromatic N) is 1. The molecule has 3 N–H and O–H groups in total. The molecule has 0 radical (unpaired) electrons. The van der Waals surface area contributed by atoms with E-state index in [9.17, 15) is 19.7 Å². The van der Waals surface area contributed by atoms with Crippen molar-refractivity contribution in [2.45, 2.75) is 26.4 Å². The largest absolute Gasteiger partial charge is 0.477 e. The Hall–Kier alpha value is -2.84. The van der Waals surface area contributed by atoms with Crippen LogP contribution >= 0.6 is 0 Å². The summed E-state index contributed by atoms with van der Waals surface area (Å²) >= 11 is 0. The lowest BCUT2D eigenvalue weighted by molar-refractivity contribution is -0.385. The third-order valence-electron chi connectivity index (χ3n) is 2.56. The first kappa shape index (κ1) is 18.2. The number of carboxylic acids is 1. The van der Waals surface area contributed by atoms with E-state index in [4.69, 9.17) is 9.84 Å². The van der Waals surface area contributed by atoms with Crippen LogP contribution in [0.1, 0.15) is 31.1 Å². The third kappa shape index (κ3) is 5.81. The number of hydrogen-bond acceptors (Lipinski definition) is 6. The van der Waals surface area contributed by atoms with Crippen LogP contribution in [0.25, 0.3) is 0 Å². The molecule has 1 amide bonds. The van der Waals surface area contributed by atoms with Gasteiger partial charge in [-0.3, -0.25) is 10.1 Å². The molecule has 0 atom stereocenters. The van der Waals surface area contributed by atoms with Crippen molar-refractivity contribution < 1.29 is 24.4 Å². The lowest BCUT2D eigenvalue weighted by Crippen LogP contribution is -2.35. The Morgan fingerprint density at radius 1 is 1.30 bits per heavy atom. The fraction of sp³-hybridized carbons (Fsp3) is 0.429. The predicted molar refractivity (Wildman–Crippen MR) is 82.8 cm³/mol. The van der Waals surface area contributed by atoms with Crippen LogP contribution < -0.4 is 10.6 Å². The van der Waals surface area contributed by atoms with Gasteiger partial charge in [-0.1, -0.05) is 6.07 Å². The van der Waals surface area contributed by atoms with E-state index in [1.54, 1.807) is 20.8 Å². The Morgan fingerprint density at radius 2 is 1.96 bits per heavy atom. The lowest BCUT2D eigenvalue weighted by atomic mass is 10.1. The first-order valence-electron chi connectivity index (χ1n) is 6.83. The molecule has 126 valence electrons. The molecular formula is C14H19N3O6. The number of nitro groups is 1. The molecule has 0 aromatic heterocycles. The second-order valence-corrected chi connectivity index (χ2v) is 5.62. The lowest BCUT2D eigenvalue weighted by Gasteiger charge is -2.19. The molecule has 0 fully saturated rings. The summed E-state index contributed by atoms with van der Waals surface area (Å²) in [5.41, 5.74) is -1.43. The number of anilines is 1. The average Bonchev–Trinajstić information content (AvgIpc) is 2.41. The normalized spacial score (nSPS) is 10.7. The quantitative estimate of drug-likeness (QED) is 0.415. The van der Waals surface area contributed by atoms with E-state index in [1.807, 2.05) is 0 Å². The van der Waals surface area contributed by atoms with Gasteiger partial charge in [0.2, 0.25) is 0 Å². The molecule has 0 aliphatic carbocycles. The van der Waals surface area contributed by atoms with E-state index in [1.165, 1.54) is 12.1 Å². The first-order chi connectivity index (χ1) is 10.6. The average molecular weight is 325 g/mol. The van der Waals surface area contributed by atoms with Gasteiger partial charge in [-0.05, 0) is 26.8 Å². The molecule has 0 spiro atoms. The number of nitro benzene ring substituents is 1. The Kier molecular flexibility index (Phi) is 5.88. The summed E-state index contributed by atoms with van der Waals surface area (Å²) in [5.74, 6) is -1.40. The van der Waals surface area contributed by atoms with Crippen LogP contribution in [0, 0.1) is 10.1 Å². The van der Waals surface area contributed by atoms with Gasteiger partial charge in [-0.25, -0.2) is 9.59 Å². The molecule has 0 heterocycles. The number of aromatic carboxylic acids is 1. The van der Waals surface area contributed by atoms with Crippen molar-refractivity contribution in [2.24, 2.45) is 0 Å². The van der Waals surface area contributed by atoms with Gasteiger partial charge in [-0.15, -0.1) is 0 Å². The van der Waals surface area contributed by atoms with Crippen LogP contribution in [-0.4, -0.2) is 40.8 Å². The van der Waals surface area contributed by atoms with Crippen molar-refractivity contribution in [3.63, 3.8) is 0 Å². The standard InChI is InChI=1S/C14H19N3O6/c1-14(2,3)23-13(20)16-8-7-15-9-5-4-6-10(17(21)22)11(9)12(18)19/h4-6,15H,7-8H2,1-3H3,(H,16,20)(H,18,19). The zero-order valence-corrected chi connectivity index (χ0v) is 13.1. The highest BCUT2D eigenvalue weighted by molar-refractivity contribution is 5.98. The van der Waals surface area contributed by atoms with Crippen molar-refractivity contribution in [2.75, 3.05) is 18.4 Å². The van der Waals surface area contributed by atoms with Crippen molar-refractivity contribution in [1.82, 2.24) is 5.32 Å². The summed E-state index contributed by atoms with van der Waals surface area (Å²) in [6.45, 7) is 5.53. The number of ether oxygens (including phenoxy) is 1. The number of amides is 1. The Morgan fingerprint density at radius 3 is 2.48 bits per heavy atom. The van der Waals surface area contributed by atoms with E-state index in [0.717, 1.165) is 6.07 Å². The predicted octanol–water partition coefficient (Wildman–Crippen LogP) is 2.23. The van der Waals surface area contributed by atoms with Gasteiger partial charge in [0, 0.05) is 19.2 Å². The molecule has 9 nitrogen and oxygen atoms in total. The molecule has 1 aromatic rings. The van der Waals surface area contributed by atoms with Crippen molar-refractivity contribution in [1.29, 1.82) is 0 Å². The second-order valence-electron chi connectivity index (χ2n) is 5.62. The highest BCUT2D eigenvalue weighted by Gasteiger charge is 2.23. The molecule has 23 heavy (non-hydrogen) atoms. The number of carbonyl (C=O) groups is 2. The molecule has 0 aliphatic heterocycles. The fourth-order valence-electron chi connectivity index (χ4n) is 1.74. The van der Waals surface area contributed by atoms with Gasteiger partial charge in [0.05, 0.1) is 10.6 Å². The number of carbonyl (C=O) groups excluding carboxylic acids is 1. The van der Waals surface area contributed by atoms with Crippen LogP contribution in [0.2, 0.25) is 0 Å². The Labute approximate surface area is 132 Å². The summed E-state index contributed by atoms with van der Waals surface area (Å²) in [4.78, 5) is 32.8. The maximum Gasteiger partial charge on any atom is 0.407 e. The molecule has 9 heteroatoms. The van der Waals surface area contributed by atoms with E-state index in [-0.39, 0.29) is 18.8 Å². The van der Waals surface area contributed by atoms with Crippen LogP contribution in [0.15, 0.2) is 18.2 Å². The number of rotatable bonds is 6. The van der Waals surface area contributed by atoms with Gasteiger partial charge in [0.25, 0.3) is 5.69 Å². The number of hydrogen-bond donors (Lipinski definition) is 3. The summed E-state index contributed by atoms with van der Waals surface area (Å²) in [7, 11) is 0. The zero-order chi connectivity index (χ0) is 17.6. The summed E-state index contributed by atoms with van der Waals surface area (Å²) in [6.07, 6.45) is -0.600. The molecule has 0 aliphatic rings. The topological polar surface area (TPSA) is 131 Å². The highest BCUT2D eigenvalue weighted by Crippen LogP contribution is 2.26. The molecule has 1 rings (SSSR count). The highest BCUT2D eigenvalue weighted by atomic mass is 16.6. The van der Waals surface area contributed by atoms with Gasteiger partial charge in [-0.2, -0.15) is 0 Å². The minimum atomic E-state index is -1.40. The molecule has 1 aromatic carbocycles. The number of alkyl carbamates (subject to hydrolysis) is 1. The van der Waals surface area contributed by atoms with Crippen molar-refractivity contribution >= 4 is 23.4 Å². The molecular weight excluding hydrogens is 306 g/mol. The smallest absolute Gasteiger partial charge is 0.407 e. The molecule has 0 saturated heterocycles. The van der Waals surface area contributed by atoms with Gasteiger partial charge >= 0.3 is 12.1 Å². The Balaban J connectivity index is 2.65. The second kappa shape index (κ2) is 7.43. The van der Waals surface area contributed by atoms with Crippen LogP contribution in [0.3, 0.4) is 0 Å². The third-order valence-corrected chi connectivity index (χ3v) is 2.56. The maximum atomic E-state index is 11.4. The summed E-state index contributed by atoms with van der Waals surface area (Å²) in [5, 5.41) is 25.2. The summed E-state index contributed by atoms with van der Waals surface area (Å²) < 4.78 is 5.04. The monoisotopic (exact) mass is 325 g/mol.